The number of carbonyl (C=O) groups excluding carboxylic acids is 2. The van der Waals surface area contributed by atoms with Crippen molar-refractivity contribution in [3.05, 3.63) is 60.4 Å². The SMILES string of the molecule is C[C@@H]1Oc2c(cccc2C(=O)Nc2ccc(-n3nccn3)cc2)NC1=O. The second kappa shape index (κ2) is 6.32. The van der Waals surface area contributed by atoms with E-state index in [1.54, 1.807) is 61.8 Å². The fourth-order valence-electron chi connectivity index (χ4n) is 2.63. The predicted octanol–water partition coefficient (Wildman–Crippen LogP) is 2.24. The summed E-state index contributed by atoms with van der Waals surface area (Å²) in [6, 6.07) is 12.2. The van der Waals surface area contributed by atoms with Crippen molar-refractivity contribution in [2.45, 2.75) is 13.0 Å². The van der Waals surface area contributed by atoms with Gasteiger partial charge in [0.25, 0.3) is 11.8 Å². The van der Waals surface area contributed by atoms with Crippen LogP contribution in [0.5, 0.6) is 5.75 Å². The maximum atomic E-state index is 12.7. The number of fused-ring (bicyclic) bond motifs is 1. The van der Waals surface area contributed by atoms with Gasteiger partial charge in [-0.05, 0) is 43.3 Å². The minimum Gasteiger partial charge on any atom is -0.478 e. The quantitative estimate of drug-likeness (QED) is 0.756. The molecule has 0 radical (unpaired) electrons. The standard InChI is InChI=1S/C18H15N5O3/c1-11-17(24)22-15-4-2-3-14(16(15)26-11)18(25)21-12-5-7-13(8-6-12)23-19-9-10-20-23/h2-11H,1H3,(H,21,25)(H,22,24)/t11-/m0/s1. The van der Waals surface area contributed by atoms with Gasteiger partial charge in [-0.2, -0.15) is 15.0 Å². The van der Waals surface area contributed by atoms with E-state index in [4.69, 9.17) is 4.74 Å². The molecule has 1 aromatic heterocycles. The summed E-state index contributed by atoms with van der Waals surface area (Å²) in [5.41, 5.74) is 2.24. The lowest BCUT2D eigenvalue weighted by molar-refractivity contribution is -0.122. The summed E-state index contributed by atoms with van der Waals surface area (Å²) < 4.78 is 5.61. The summed E-state index contributed by atoms with van der Waals surface area (Å²) in [7, 11) is 0. The van der Waals surface area contributed by atoms with Crippen LogP contribution in [0.1, 0.15) is 17.3 Å². The van der Waals surface area contributed by atoms with Crippen molar-refractivity contribution in [1.82, 2.24) is 15.0 Å². The summed E-state index contributed by atoms with van der Waals surface area (Å²) in [5.74, 6) is -0.192. The zero-order valence-electron chi connectivity index (χ0n) is 13.8. The number of ether oxygens (including phenoxy) is 1. The van der Waals surface area contributed by atoms with Crippen LogP contribution in [0.15, 0.2) is 54.9 Å². The highest BCUT2D eigenvalue weighted by atomic mass is 16.5. The Hall–Kier alpha value is -3.68. The zero-order valence-corrected chi connectivity index (χ0v) is 13.8. The molecule has 4 rings (SSSR count). The van der Waals surface area contributed by atoms with Crippen LogP contribution in [0.2, 0.25) is 0 Å². The number of benzene rings is 2. The normalized spacial score (nSPS) is 15.6. The first-order valence-corrected chi connectivity index (χ1v) is 8.00. The van der Waals surface area contributed by atoms with Crippen molar-refractivity contribution in [1.29, 1.82) is 0 Å². The Balaban J connectivity index is 1.56. The lowest BCUT2D eigenvalue weighted by atomic mass is 10.1. The molecule has 130 valence electrons. The molecule has 8 heteroatoms. The summed E-state index contributed by atoms with van der Waals surface area (Å²) in [6.07, 6.45) is 2.53. The molecule has 0 spiro atoms. The van der Waals surface area contributed by atoms with Gasteiger partial charge in [-0.15, -0.1) is 0 Å². The highest BCUT2D eigenvalue weighted by Gasteiger charge is 2.27. The van der Waals surface area contributed by atoms with E-state index < -0.39 is 6.10 Å². The number of amides is 2. The van der Waals surface area contributed by atoms with Gasteiger partial charge in [-0.3, -0.25) is 9.59 Å². The third-order valence-electron chi connectivity index (χ3n) is 3.96. The van der Waals surface area contributed by atoms with Crippen molar-refractivity contribution < 1.29 is 14.3 Å². The van der Waals surface area contributed by atoms with Gasteiger partial charge in [0.15, 0.2) is 11.9 Å². The Morgan fingerprint density at radius 1 is 1.15 bits per heavy atom. The first-order valence-electron chi connectivity index (χ1n) is 8.00. The highest BCUT2D eigenvalue weighted by Crippen LogP contribution is 2.33. The molecule has 0 saturated carbocycles. The van der Waals surface area contributed by atoms with E-state index in [1.807, 2.05) is 0 Å². The smallest absolute Gasteiger partial charge is 0.265 e. The largest absolute Gasteiger partial charge is 0.478 e. The van der Waals surface area contributed by atoms with E-state index >= 15 is 0 Å². The van der Waals surface area contributed by atoms with Gasteiger partial charge < -0.3 is 15.4 Å². The molecule has 2 heterocycles. The molecule has 8 nitrogen and oxygen atoms in total. The third kappa shape index (κ3) is 2.88. The van der Waals surface area contributed by atoms with Gasteiger partial charge in [0.1, 0.15) is 0 Å². The number of nitrogens with zero attached hydrogens (tertiary/aromatic N) is 3. The average molecular weight is 349 g/mol. The molecule has 26 heavy (non-hydrogen) atoms. The van der Waals surface area contributed by atoms with E-state index in [0.29, 0.717) is 22.7 Å². The Kier molecular flexibility index (Phi) is 3.85. The van der Waals surface area contributed by atoms with Gasteiger partial charge in [0.2, 0.25) is 0 Å². The number of carbonyl (C=O) groups is 2. The number of para-hydroxylation sites is 1. The van der Waals surface area contributed by atoms with Crippen LogP contribution < -0.4 is 15.4 Å². The second-order valence-corrected chi connectivity index (χ2v) is 5.75. The molecule has 2 amide bonds. The Morgan fingerprint density at radius 3 is 2.62 bits per heavy atom. The lowest BCUT2D eigenvalue weighted by Crippen LogP contribution is -2.35. The maximum absolute atomic E-state index is 12.7. The molecule has 1 aliphatic heterocycles. The van der Waals surface area contributed by atoms with Crippen molar-refractivity contribution in [2.24, 2.45) is 0 Å². The van der Waals surface area contributed by atoms with Crippen LogP contribution in [-0.4, -0.2) is 32.9 Å². The molecule has 0 aliphatic carbocycles. The highest BCUT2D eigenvalue weighted by molar-refractivity contribution is 6.09. The van der Waals surface area contributed by atoms with E-state index in [-0.39, 0.29) is 11.8 Å². The molecule has 1 atom stereocenters. The van der Waals surface area contributed by atoms with Crippen LogP contribution in [-0.2, 0) is 4.79 Å². The topological polar surface area (TPSA) is 98.1 Å². The molecule has 0 fully saturated rings. The number of aromatic nitrogens is 3. The molecular weight excluding hydrogens is 334 g/mol. The van der Waals surface area contributed by atoms with Gasteiger partial charge in [-0.1, -0.05) is 6.07 Å². The van der Waals surface area contributed by atoms with Gasteiger partial charge >= 0.3 is 0 Å². The number of anilines is 2. The van der Waals surface area contributed by atoms with E-state index in [0.717, 1.165) is 5.69 Å². The van der Waals surface area contributed by atoms with Crippen LogP contribution in [0.3, 0.4) is 0 Å². The van der Waals surface area contributed by atoms with Crippen molar-refractivity contribution in [3.63, 3.8) is 0 Å². The Morgan fingerprint density at radius 2 is 1.88 bits per heavy atom. The summed E-state index contributed by atoms with van der Waals surface area (Å²) in [6.45, 7) is 1.63. The molecular formula is C18H15N5O3. The minimum atomic E-state index is -0.655. The average Bonchev–Trinajstić information content (AvgIpc) is 3.17. The third-order valence-corrected chi connectivity index (χ3v) is 3.96. The first kappa shape index (κ1) is 15.8. The van der Waals surface area contributed by atoms with Crippen LogP contribution >= 0.6 is 0 Å². The van der Waals surface area contributed by atoms with Crippen LogP contribution in [0.25, 0.3) is 5.69 Å². The Labute approximate surface area is 148 Å². The number of rotatable bonds is 3. The maximum Gasteiger partial charge on any atom is 0.265 e. The first-order chi connectivity index (χ1) is 12.6. The predicted molar refractivity (Wildman–Crippen MR) is 94.5 cm³/mol. The molecule has 0 unspecified atom stereocenters. The molecule has 1 aliphatic rings. The number of hydrogen-bond acceptors (Lipinski definition) is 5. The number of hydrogen-bond donors (Lipinski definition) is 2. The monoisotopic (exact) mass is 349 g/mol. The van der Waals surface area contributed by atoms with E-state index in [9.17, 15) is 9.59 Å². The fourth-order valence-corrected chi connectivity index (χ4v) is 2.63. The minimum absolute atomic E-state index is 0.238. The Bertz CT molecular complexity index is 967. The molecule has 0 saturated heterocycles. The lowest BCUT2D eigenvalue weighted by Gasteiger charge is -2.25. The number of nitrogens with one attached hydrogen (secondary N) is 2. The van der Waals surface area contributed by atoms with Gasteiger partial charge in [0, 0.05) is 5.69 Å². The molecule has 3 aromatic rings. The van der Waals surface area contributed by atoms with Crippen molar-refractivity contribution >= 4 is 23.2 Å². The van der Waals surface area contributed by atoms with Gasteiger partial charge in [-0.25, -0.2) is 0 Å². The van der Waals surface area contributed by atoms with Crippen molar-refractivity contribution in [3.8, 4) is 11.4 Å². The molecule has 0 bridgehead atoms. The second-order valence-electron chi connectivity index (χ2n) is 5.75. The van der Waals surface area contributed by atoms with Crippen LogP contribution in [0, 0.1) is 0 Å². The van der Waals surface area contributed by atoms with Crippen LogP contribution in [0.4, 0.5) is 11.4 Å². The fraction of sp³-hybridized carbons (Fsp3) is 0.111. The van der Waals surface area contributed by atoms with E-state index in [2.05, 4.69) is 20.8 Å². The zero-order chi connectivity index (χ0) is 18.1. The molecule has 2 aromatic carbocycles. The van der Waals surface area contributed by atoms with Gasteiger partial charge in [0.05, 0.1) is 29.3 Å². The summed E-state index contributed by atoms with van der Waals surface area (Å²) >= 11 is 0. The summed E-state index contributed by atoms with van der Waals surface area (Å²) in [5, 5.41) is 13.7. The van der Waals surface area contributed by atoms with Crippen molar-refractivity contribution in [2.75, 3.05) is 10.6 Å². The summed E-state index contributed by atoms with van der Waals surface area (Å²) in [4.78, 5) is 25.8. The van der Waals surface area contributed by atoms with E-state index in [1.165, 1.54) is 4.80 Å². The molecule has 2 N–H and O–H groups in total.